The van der Waals surface area contributed by atoms with Gasteiger partial charge in [0.2, 0.25) is 5.91 Å². The quantitative estimate of drug-likeness (QED) is 0.123. The molecule has 0 radical (unpaired) electrons. The van der Waals surface area contributed by atoms with Crippen LogP contribution in [-0.4, -0.2) is 74.6 Å². The number of hydrogen-bond donors (Lipinski definition) is 3. The molecular weight excluding hydrogens is 510 g/mol. The predicted octanol–water partition coefficient (Wildman–Crippen LogP) is 3.72. The van der Waals surface area contributed by atoms with E-state index < -0.39 is 4.93 Å². The van der Waals surface area contributed by atoms with Crippen LogP contribution in [-0.2, 0) is 14.3 Å². The molecule has 3 N–H and O–H groups in total. The van der Waals surface area contributed by atoms with E-state index in [0.717, 1.165) is 0 Å². The molecule has 0 heterocycles. The van der Waals surface area contributed by atoms with Gasteiger partial charge in [0.15, 0.2) is 4.93 Å². The number of ether oxygens (including phenoxy) is 3. The number of rotatable bonds is 16. The van der Waals surface area contributed by atoms with Crippen LogP contribution in [0, 0.1) is 17.8 Å². The molecule has 0 spiro atoms. The lowest BCUT2D eigenvalue weighted by Crippen LogP contribution is -2.34. The van der Waals surface area contributed by atoms with Crippen molar-refractivity contribution in [1.82, 2.24) is 16.0 Å². The van der Waals surface area contributed by atoms with Gasteiger partial charge >= 0.3 is 0 Å². The number of hydrogen-bond acceptors (Lipinski definition) is 8. The first kappa shape index (κ1) is 33.1. The van der Waals surface area contributed by atoms with E-state index in [1.54, 1.807) is 39.8 Å². The summed E-state index contributed by atoms with van der Waals surface area (Å²) in [5, 5.41) is 8.57. The zero-order valence-electron chi connectivity index (χ0n) is 23.2. The van der Waals surface area contributed by atoms with Crippen LogP contribution in [0.15, 0.2) is 24.3 Å². The molecule has 1 aromatic rings. The molecule has 8 nitrogen and oxygen atoms in total. The minimum Gasteiger partial charge on any atom is -0.490 e. The monoisotopic (exact) mass is 553 g/mol. The van der Waals surface area contributed by atoms with Gasteiger partial charge in [-0.2, -0.15) is 0 Å². The van der Waals surface area contributed by atoms with Gasteiger partial charge in [-0.25, -0.2) is 0 Å². The van der Waals surface area contributed by atoms with Crippen LogP contribution in [0.5, 0.6) is 5.75 Å². The van der Waals surface area contributed by atoms with E-state index in [1.165, 1.54) is 0 Å². The first-order chi connectivity index (χ1) is 17.4. The van der Waals surface area contributed by atoms with Crippen molar-refractivity contribution in [3.63, 3.8) is 0 Å². The van der Waals surface area contributed by atoms with Crippen LogP contribution in [0.3, 0.4) is 0 Å². The summed E-state index contributed by atoms with van der Waals surface area (Å²) < 4.78 is 17.7. The van der Waals surface area contributed by atoms with Crippen molar-refractivity contribution in [2.45, 2.75) is 51.2 Å². The van der Waals surface area contributed by atoms with Gasteiger partial charge in [0, 0.05) is 29.3 Å². The SMILES string of the molecule is CNCCNC(=O)c1cccc(OC[C@@](C)(OCCOCC(=O)NCC#CC(C)C)SSC(C)(C)C)c1. The largest absolute Gasteiger partial charge is 0.490 e. The number of likely N-dealkylation sites (N-methyl/N-ethyl adjacent to an activating group) is 1. The van der Waals surface area contributed by atoms with Crippen molar-refractivity contribution < 1.29 is 23.8 Å². The molecule has 0 aliphatic heterocycles. The third-order valence-corrected chi connectivity index (χ3v) is 8.34. The molecule has 0 saturated carbocycles. The summed E-state index contributed by atoms with van der Waals surface area (Å²) in [6, 6.07) is 7.10. The van der Waals surface area contributed by atoms with Crippen LogP contribution in [0.1, 0.15) is 51.9 Å². The normalized spacial score (nSPS) is 12.9. The van der Waals surface area contributed by atoms with E-state index in [1.807, 2.05) is 33.9 Å². The van der Waals surface area contributed by atoms with E-state index >= 15 is 0 Å². The second-order valence-corrected chi connectivity index (χ2v) is 13.2. The van der Waals surface area contributed by atoms with Crippen molar-refractivity contribution in [2.24, 2.45) is 5.92 Å². The smallest absolute Gasteiger partial charge is 0.251 e. The van der Waals surface area contributed by atoms with Gasteiger partial charge in [-0.1, -0.05) is 74.1 Å². The Balaban J connectivity index is 2.60. The predicted molar refractivity (Wildman–Crippen MR) is 154 cm³/mol. The third kappa shape index (κ3) is 16.5. The minimum absolute atomic E-state index is 0.0215. The molecule has 0 unspecified atom stereocenters. The Morgan fingerprint density at radius 1 is 1.05 bits per heavy atom. The summed E-state index contributed by atoms with van der Waals surface area (Å²) in [7, 11) is 5.13. The van der Waals surface area contributed by atoms with E-state index in [2.05, 4.69) is 48.6 Å². The fourth-order valence-electron chi connectivity index (χ4n) is 2.58. The molecule has 37 heavy (non-hydrogen) atoms. The Kier molecular flexibility index (Phi) is 15.7. The van der Waals surface area contributed by atoms with Crippen molar-refractivity contribution in [3.8, 4) is 17.6 Å². The highest BCUT2D eigenvalue weighted by Crippen LogP contribution is 2.44. The molecule has 208 valence electrons. The Hall–Kier alpha value is -1.90. The summed E-state index contributed by atoms with van der Waals surface area (Å²) in [5.74, 6) is 6.40. The second kappa shape index (κ2) is 17.6. The standard InChI is InChI=1S/C27H43N3O5S2/c1-21(2)10-9-13-29-24(31)19-33-16-17-35-27(6,37-36-26(3,4)5)20-34-23-12-8-11-22(18-23)25(32)30-15-14-28-7/h8,11-12,18,21,28H,13-17,19-20H2,1-7H3,(H,29,31)(H,30,32)/t27-/m0/s1. The zero-order chi connectivity index (χ0) is 27.7. The van der Waals surface area contributed by atoms with Crippen LogP contribution in [0.4, 0.5) is 0 Å². The van der Waals surface area contributed by atoms with Crippen molar-refractivity contribution in [3.05, 3.63) is 29.8 Å². The van der Waals surface area contributed by atoms with Crippen LogP contribution < -0.4 is 20.7 Å². The van der Waals surface area contributed by atoms with E-state index in [-0.39, 0.29) is 42.3 Å². The first-order valence-electron chi connectivity index (χ1n) is 12.4. The molecule has 0 fully saturated rings. The topological polar surface area (TPSA) is 97.9 Å². The Labute approximate surface area is 230 Å². The maximum atomic E-state index is 12.4. The number of benzene rings is 1. The molecule has 1 rings (SSSR count). The Morgan fingerprint density at radius 3 is 2.49 bits per heavy atom. The number of carbonyl (C=O) groups excluding carboxylic acids is 2. The fourth-order valence-corrected chi connectivity index (χ4v) is 4.81. The average molecular weight is 554 g/mol. The summed E-state index contributed by atoms with van der Waals surface area (Å²) in [6.07, 6.45) is 0. The van der Waals surface area contributed by atoms with Crippen molar-refractivity contribution in [2.75, 3.05) is 53.1 Å². The molecule has 0 aliphatic rings. The van der Waals surface area contributed by atoms with Crippen LogP contribution in [0.25, 0.3) is 0 Å². The van der Waals surface area contributed by atoms with Crippen molar-refractivity contribution >= 4 is 33.4 Å². The van der Waals surface area contributed by atoms with Gasteiger partial charge in [-0.3, -0.25) is 9.59 Å². The minimum atomic E-state index is -0.680. The van der Waals surface area contributed by atoms with E-state index in [0.29, 0.717) is 37.6 Å². The lowest BCUT2D eigenvalue weighted by molar-refractivity contribution is -0.126. The average Bonchev–Trinajstić information content (AvgIpc) is 2.84. The van der Waals surface area contributed by atoms with Gasteiger partial charge in [0.05, 0.1) is 19.8 Å². The highest BCUT2D eigenvalue weighted by Gasteiger charge is 2.30. The number of nitrogens with one attached hydrogen (secondary N) is 3. The highest BCUT2D eigenvalue weighted by molar-refractivity contribution is 8.77. The lowest BCUT2D eigenvalue weighted by Gasteiger charge is -2.31. The van der Waals surface area contributed by atoms with Crippen LogP contribution in [0.2, 0.25) is 0 Å². The number of amides is 2. The summed E-state index contributed by atoms with van der Waals surface area (Å²) >= 11 is 0. The molecule has 2 amide bonds. The highest BCUT2D eigenvalue weighted by atomic mass is 33.1. The molecular formula is C27H43N3O5S2. The van der Waals surface area contributed by atoms with Crippen LogP contribution >= 0.6 is 21.6 Å². The maximum absolute atomic E-state index is 12.4. The van der Waals surface area contributed by atoms with Gasteiger partial charge in [-0.05, 0) is 32.2 Å². The molecule has 1 aromatic carbocycles. The van der Waals surface area contributed by atoms with Crippen molar-refractivity contribution in [1.29, 1.82) is 0 Å². The molecule has 10 heteroatoms. The second-order valence-electron chi connectivity index (χ2n) is 9.74. The first-order valence-corrected chi connectivity index (χ1v) is 14.6. The van der Waals surface area contributed by atoms with Gasteiger partial charge in [0.25, 0.3) is 5.91 Å². The van der Waals surface area contributed by atoms with Gasteiger partial charge < -0.3 is 30.2 Å². The molecule has 0 bridgehead atoms. The fraction of sp³-hybridized carbons (Fsp3) is 0.630. The molecule has 1 atom stereocenters. The Bertz CT molecular complexity index is 896. The van der Waals surface area contributed by atoms with E-state index in [9.17, 15) is 9.59 Å². The summed E-state index contributed by atoms with van der Waals surface area (Å²) in [4.78, 5) is 23.5. The number of carbonyl (C=O) groups is 2. The molecule has 0 saturated heterocycles. The zero-order valence-corrected chi connectivity index (χ0v) is 24.8. The van der Waals surface area contributed by atoms with Gasteiger partial charge in [0.1, 0.15) is 19.0 Å². The summed E-state index contributed by atoms with van der Waals surface area (Å²) in [5.41, 5.74) is 0.537. The Morgan fingerprint density at radius 2 is 1.81 bits per heavy atom. The van der Waals surface area contributed by atoms with E-state index in [4.69, 9.17) is 14.2 Å². The van der Waals surface area contributed by atoms with Gasteiger partial charge in [-0.15, -0.1) is 0 Å². The third-order valence-electron chi connectivity index (χ3n) is 4.36. The molecule has 0 aliphatic carbocycles. The maximum Gasteiger partial charge on any atom is 0.251 e. The molecule has 0 aromatic heterocycles. The lowest BCUT2D eigenvalue weighted by atomic mass is 10.2. The summed E-state index contributed by atoms with van der Waals surface area (Å²) in [6.45, 7) is 14.7.